The fourth-order valence-electron chi connectivity index (χ4n) is 2.68. The number of sulfonamides is 1. The summed E-state index contributed by atoms with van der Waals surface area (Å²) in [6.07, 6.45) is -27.0. The highest BCUT2D eigenvalue weighted by molar-refractivity contribution is 7.89. The standard InChI is InChI=1S/C16H25F12N2O2S/c1-30(2,3)7-4-6-29-33(31,32)8-5-11(14(20,21)22)9-12(17,18)10-13(19,15(23,24)25)16(26,27)28/h11,29H,4-10H2,1-3H3/q+1. The summed E-state index contributed by atoms with van der Waals surface area (Å²) in [4.78, 5) is 0. The van der Waals surface area contributed by atoms with Crippen LogP contribution in [-0.2, 0) is 10.0 Å². The lowest BCUT2D eigenvalue weighted by atomic mass is 9.89. The van der Waals surface area contributed by atoms with E-state index in [0.29, 0.717) is 11.0 Å². The lowest BCUT2D eigenvalue weighted by Gasteiger charge is -2.34. The van der Waals surface area contributed by atoms with Gasteiger partial charge in [-0.1, -0.05) is 0 Å². The molecule has 0 spiro atoms. The van der Waals surface area contributed by atoms with Crippen molar-refractivity contribution in [2.75, 3.05) is 40.0 Å². The Morgan fingerprint density at radius 3 is 1.64 bits per heavy atom. The van der Waals surface area contributed by atoms with E-state index in [1.165, 1.54) is 0 Å². The van der Waals surface area contributed by atoms with Crippen LogP contribution in [0.1, 0.15) is 25.7 Å². The molecule has 0 heterocycles. The molecule has 1 unspecified atom stereocenters. The summed E-state index contributed by atoms with van der Waals surface area (Å²) in [7, 11) is 0.883. The van der Waals surface area contributed by atoms with Crippen LogP contribution in [0.25, 0.3) is 0 Å². The Kier molecular flexibility index (Phi) is 10.0. The highest BCUT2D eigenvalue weighted by Crippen LogP contribution is 2.53. The number of nitrogens with zero attached hydrogens (tertiary/aromatic N) is 1. The van der Waals surface area contributed by atoms with E-state index in [-0.39, 0.29) is 13.0 Å². The summed E-state index contributed by atoms with van der Waals surface area (Å²) < 4.78 is 181. The Bertz CT molecular complexity index is 710. The van der Waals surface area contributed by atoms with Gasteiger partial charge in [-0.25, -0.2) is 26.3 Å². The van der Waals surface area contributed by atoms with Crippen LogP contribution in [0.4, 0.5) is 52.7 Å². The molecular weight excluding hydrogens is 512 g/mol. The molecule has 1 atom stereocenters. The molecule has 0 aliphatic heterocycles. The molecule has 0 aliphatic carbocycles. The van der Waals surface area contributed by atoms with Crippen molar-refractivity contribution in [1.29, 1.82) is 0 Å². The van der Waals surface area contributed by atoms with Gasteiger partial charge < -0.3 is 4.48 Å². The molecule has 1 N–H and O–H groups in total. The van der Waals surface area contributed by atoms with Crippen molar-refractivity contribution in [3.8, 4) is 0 Å². The number of rotatable bonds is 12. The quantitative estimate of drug-likeness (QED) is 0.221. The molecule has 0 bridgehead atoms. The summed E-state index contributed by atoms with van der Waals surface area (Å²) in [6.45, 7) is 0.259. The van der Waals surface area contributed by atoms with Crippen LogP contribution < -0.4 is 4.72 Å². The Labute approximate surface area is 182 Å². The van der Waals surface area contributed by atoms with E-state index in [1.807, 2.05) is 4.72 Å². The van der Waals surface area contributed by atoms with E-state index in [0.717, 1.165) is 0 Å². The molecule has 0 radical (unpaired) electrons. The van der Waals surface area contributed by atoms with E-state index in [1.54, 1.807) is 21.1 Å². The first-order valence-electron chi connectivity index (χ1n) is 9.27. The van der Waals surface area contributed by atoms with E-state index in [4.69, 9.17) is 0 Å². The fourth-order valence-corrected chi connectivity index (χ4v) is 3.88. The smallest absolute Gasteiger partial charge is 0.331 e. The molecule has 4 nitrogen and oxygen atoms in total. The minimum absolute atomic E-state index is 0.202. The average Bonchev–Trinajstić information content (AvgIpc) is 2.51. The van der Waals surface area contributed by atoms with Crippen LogP contribution in [0.5, 0.6) is 0 Å². The van der Waals surface area contributed by atoms with Crippen LogP contribution in [0.2, 0.25) is 0 Å². The van der Waals surface area contributed by atoms with Crippen molar-refractivity contribution < 1.29 is 65.6 Å². The van der Waals surface area contributed by atoms with Crippen LogP contribution in [0, 0.1) is 5.92 Å². The first kappa shape index (κ1) is 32.0. The van der Waals surface area contributed by atoms with Gasteiger partial charge in [-0.2, -0.15) is 39.5 Å². The topological polar surface area (TPSA) is 46.2 Å². The molecule has 0 saturated carbocycles. The maximum Gasteiger partial charge on any atom is 0.431 e. The van der Waals surface area contributed by atoms with Crippen molar-refractivity contribution in [2.24, 2.45) is 5.92 Å². The molecular formula is C16H25F12N2O2S+. The summed E-state index contributed by atoms with van der Waals surface area (Å²) in [6, 6.07) is 0. The molecule has 0 aromatic heterocycles. The zero-order valence-electron chi connectivity index (χ0n) is 17.7. The van der Waals surface area contributed by atoms with Gasteiger partial charge in [-0.3, -0.25) is 0 Å². The monoisotopic (exact) mass is 537 g/mol. The molecule has 0 aromatic carbocycles. The number of alkyl halides is 12. The number of quaternary nitrogens is 1. The van der Waals surface area contributed by atoms with Gasteiger partial charge in [-0.05, 0) is 6.42 Å². The SMILES string of the molecule is C[N+](C)(C)CCCNS(=O)(=O)CCC(CC(F)(F)CC(F)(C(F)(F)F)C(F)(F)F)C(F)(F)F. The number of nitrogens with one attached hydrogen (secondary N) is 1. The second-order valence-electron chi connectivity index (χ2n) is 8.64. The fraction of sp³-hybridized carbons (Fsp3) is 1.00. The van der Waals surface area contributed by atoms with Crippen molar-refractivity contribution in [2.45, 2.75) is 55.8 Å². The summed E-state index contributed by atoms with van der Waals surface area (Å²) >= 11 is 0. The van der Waals surface area contributed by atoms with Gasteiger partial charge in [0.2, 0.25) is 10.0 Å². The largest absolute Gasteiger partial charge is 0.431 e. The third-order valence-corrected chi connectivity index (χ3v) is 5.89. The van der Waals surface area contributed by atoms with E-state index < -0.39 is 71.1 Å². The second-order valence-corrected chi connectivity index (χ2v) is 10.6. The first-order chi connectivity index (χ1) is 14.2. The number of halogens is 12. The molecule has 0 aliphatic rings. The average molecular weight is 537 g/mol. The van der Waals surface area contributed by atoms with Gasteiger partial charge in [-0.15, -0.1) is 0 Å². The molecule has 200 valence electrons. The van der Waals surface area contributed by atoms with Crippen LogP contribution in [-0.4, -0.2) is 83.0 Å². The molecule has 0 aromatic rings. The lowest BCUT2D eigenvalue weighted by Crippen LogP contribution is -2.56. The predicted octanol–water partition coefficient (Wildman–Crippen LogP) is 4.82. The van der Waals surface area contributed by atoms with E-state index >= 15 is 0 Å². The molecule has 0 saturated heterocycles. The van der Waals surface area contributed by atoms with Gasteiger partial charge in [0.05, 0.1) is 45.8 Å². The zero-order valence-corrected chi connectivity index (χ0v) is 18.6. The Balaban J connectivity index is 5.38. The van der Waals surface area contributed by atoms with E-state index in [2.05, 4.69) is 0 Å². The number of hydrogen-bond donors (Lipinski definition) is 1. The third kappa shape index (κ3) is 10.9. The Hall–Kier alpha value is -0.970. The second kappa shape index (κ2) is 10.3. The van der Waals surface area contributed by atoms with Gasteiger partial charge >= 0.3 is 24.2 Å². The minimum Gasteiger partial charge on any atom is -0.331 e. The third-order valence-electron chi connectivity index (χ3n) is 4.47. The van der Waals surface area contributed by atoms with Crippen molar-refractivity contribution in [1.82, 2.24) is 4.72 Å². The first-order valence-corrected chi connectivity index (χ1v) is 10.9. The van der Waals surface area contributed by atoms with Gasteiger partial charge in [0.25, 0.3) is 5.92 Å². The minimum atomic E-state index is -6.87. The van der Waals surface area contributed by atoms with Crippen LogP contribution in [0.15, 0.2) is 0 Å². The van der Waals surface area contributed by atoms with Gasteiger partial charge in [0.15, 0.2) is 0 Å². The predicted molar refractivity (Wildman–Crippen MR) is 93.6 cm³/mol. The normalized spacial score (nSPS) is 16.2. The molecule has 0 rings (SSSR count). The molecule has 17 heteroatoms. The lowest BCUT2D eigenvalue weighted by molar-refractivity contribution is -0.870. The summed E-state index contributed by atoms with van der Waals surface area (Å²) in [5, 5.41) is 0. The summed E-state index contributed by atoms with van der Waals surface area (Å²) in [5.74, 6) is -10.1. The van der Waals surface area contributed by atoms with Crippen molar-refractivity contribution in [3.63, 3.8) is 0 Å². The van der Waals surface area contributed by atoms with Crippen LogP contribution >= 0.6 is 0 Å². The number of hydrogen-bond acceptors (Lipinski definition) is 2. The van der Waals surface area contributed by atoms with E-state index in [9.17, 15) is 61.1 Å². The Morgan fingerprint density at radius 2 is 1.27 bits per heavy atom. The van der Waals surface area contributed by atoms with Crippen molar-refractivity contribution in [3.05, 3.63) is 0 Å². The molecule has 0 amide bonds. The molecule has 0 fully saturated rings. The van der Waals surface area contributed by atoms with Gasteiger partial charge in [0, 0.05) is 19.4 Å². The maximum absolute atomic E-state index is 13.8. The van der Waals surface area contributed by atoms with Gasteiger partial charge in [0.1, 0.15) is 0 Å². The maximum atomic E-state index is 13.8. The molecule has 33 heavy (non-hydrogen) atoms. The highest BCUT2D eigenvalue weighted by Gasteiger charge is 2.75. The summed E-state index contributed by atoms with van der Waals surface area (Å²) in [5.41, 5.74) is -6.46. The zero-order chi connectivity index (χ0) is 26.7. The highest BCUT2D eigenvalue weighted by atomic mass is 32.2. The van der Waals surface area contributed by atoms with Crippen molar-refractivity contribution >= 4 is 10.0 Å². The Morgan fingerprint density at radius 1 is 0.818 bits per heavy atom. The van der Waals surface area contributed by atoms with Crippen LogP contribution in [0.3, 0.4) is 0 Å².